The van der Waals surface area contributed by atoms with Crippen molar-refractivity contribution in [2.75, 3.05) is 20.8 Å². The van der Waals surface area contributed by atoms with Crippen LogP contribution in [0, 0.1) is 0 Å². The topological polar surface area (TPSA) is 43.6 Å². The minimum atomic E-state index is -0.00398. The van der Waals surface area contributed by atoms with Crippen LogP contribution in [0.25, 0.3) is 0 Å². The van der Waals surface area contributed by atoms with Crippen LogP contribution in [0.4, 0.5) is 0 Å². The zero-order chi connectivity index (χ0) is 14.5. The Morgan fingerprint density at radius 3 is 2.55 bits per heavy atom. The van der Waals surface area contributed by atoms with Crippen LogP contribution in [0.15, 0.2) is 39.6 Å². The molecule has 20 heavy (non-hydrogen) atoms. The van der Waals surface area contributed by atoms with E-state index >= 15 is 0 Å². The summed E-state index contributed by atoms with van der Waals surface area (Å²) in [6, 6.07) is 5.83. The average molecular weight is 340 g/mol. The van der Waals surface area contributed by atoms with Crippen molar-refractivity contribution in [3.63, 3.8) is 0 Å². The molecule has 0 spiro atoms. The van der Waals surface area contributed by atoms with E-state index in [0.717, 1.165) is 33.6 Å². The number of hydrogen-bond acceptors (Lipinski definition) is 4. The fourth-order valence-corrected chi connectivity index (χ4v) is 2.64. The molecular formula is C15H18BrNO3. The number of hydrogen-bond donors (Lipinski definition) is 1. The van der Waals surface area contributed by atoms with Crippen LogP contribution in [0.3, 0.4) is 0 Å². The van der Waals surface area contributed by atoms with Crippen molar-refractivity contribution < 1.29 is 13.9 Å². The van der Waals surface area contributed by atoms with E-state index in [4.69, 9.17) is 13.9 Å². The van der Waals surface area contributed by atoms with Gasteiger partial charge >= 0.3 is 0 Å². The molecule has 2 rings (SSSR count). The van der Waals surface area contributed by atoms with Gasteiger partial charge < -0.3 is 19.2 Å². The lowest BCUT2D eigenvalue weighted by Gasteiger charge is -2.21. The summed E-state index contributed by atoms with van der Waals surface area (Å²) in [5.74, 6) is 1.57. The van der Waals surface area contributed by atoms with Gasteiger partial charge in [-0.3, -0.25) is 0 Å². The quantitative estimate of drug-likeness (QED) is 0.870. The van der Waals surface area contributed by atoms with Crippen molar-refractivity contribution in [1.82, 2.24) is 5.32 Å². The maximum atomic E-state index is 5.49. The zero-order valence-electron chi connectivity index (χ0n) is 11.8. The highest BCUT2D eigenvalue weighted by Crippen LogP contribution is 2.38. The van der Waals surface area contributed by atoms with Gasteiger partial charge in [-0.05, 0) is 40.7 Å². The lowest BCUT2D eigenvalue weighted by atomic mass is 9.99. The van der Waals surface area contributed by atoms with E-state index in [1.54, 1.807) is 26.7 Å². The molecular weight excluding hydrogens is 322 g/mol. The molecule has 0 bridgehead atoms. The van der Waals surface area contributed by atoms with Crippen LogP contribution in [-0.2, 0) is 0 Å². The molecule has 0 amide bonds. The van der Waals surface area contributed by atoms with Crippen LogP contribution >= 0.6 is 15.9 Å². The van der Waals surface area contributed by atoms with Crippen molar-refractivity contribution in [3.05, 3.63) is 46.3 Å². The predicted molar refractivity (Wildman–Crippen MR) is 81.5 cm³/mol. The number of benzene rings is 1. The normalized spacial score (nSPS) is 12.2. The van der Waals surface area contributed by atoms with E-state index in [9.17, 15) is 0 Å². The van der Waals surface area contributed by atoms with Gasteiger partial charge in [-0.25, -0.2) is 0 Å². The second-order valence-corrected chi connectivity index (χ2v) is 5.13. The van der Waals surface area contributed by atoms with Crippen LogP contribution in [0.1, 0.15) is 24.1 Å². The summed E-state index contributed by atoms with van der Waals surface area (Å²) >= 11 is 3.48. The van der Waals surface area contributed by atoms with Crippen LogP contribution < -0.4 is 14.8 Å². The van der Waals surface area contributed by atoms with Crippen molar-refractivity contribution >= 4 is 15.9 Å². The maximum Gasteiger partial charge on any atom is 0.133 e. The number of methoxy groups -OCH3 is 2. The van der Waals surface area contributed by atoms with Crippen molar-refractivity contribution in [3.8, 4) is 11.5 Å². The van der Waals surface area contributed by atoms with Crippen LogP contribution in [0.2, 0.25) is 0 Å². The number of furan rings is 1. The highest BCUT2D eigenvalue weighted by atomic mass is 79.9. The molecule has 0 aliphatic rings. The third-order valence-corrected chi connectivity index (χ3v) is 3.72. The summed E-state index contributed by atoms with van der Waals surface area (Å²) in [6.45, 7) is 2.90. The van der Waals surface area contributed by atoms with Gasteiger partial charge in [-0.2, -0.15) is 0 Å². The Labute approximate surface area is 127 Å². The van der Waals surface area contributed by atoms with Gasteiger partial charge in [0.2, 0.25) is 0 Å². The lowest BCUT2D eigenvalue weighted by Crippen LogP contribution is -2.22. The third-order valence-electron chi connectivity index (χ3n) is 3.10. The van der Waals surface area contributed by atoms with Crippen LogP contribution in [0.5, 0.6) is 11.5 Å². The van der Waals surface area contributed by atoms with Gasteiger partial charge in [-0.15, -0.1) is 0 Å². The number of halogens is 1. The molecule has 0 aliphatic heterocycles. The monoisotopic (exact) mass is 339 g/mol. The summed E-state index contributed by atoms with van der Waals surface area (Å²) in [6.07, 6.45) is 3.41. The minimum absolute atomic E-state index is 0.00398. The average Bonchev–Trinajstić information content (AvgIpc) is 2.98. The Morgan fingerprint density at radius 1 is 1.25 bits per heavy atom. The van der Waals surface area contributed by atoms with E-state index < -0.39 is 0 Å². The molecule has 1 N–H and O–H groups in total. The second-order valence-electron chi connectivity index (χ2n) is 4.28. The Hall–Kier alpha value is -1.46. The Bertz CT molecular complexity index is 554. The van der Waals surface area contributed by atoms with E-state index in [0.29, 0.717) is 0 Å². The molecule has 1 atom stereocenters. The fraction of sp³-hybridized carbons (Fsp3) is 0.333. The van der Waals surface area contributed by atoms with Gasteiger partial charge in [0.05, 0.1) is 37.3 Å². The van der Waals surface area contributed by atoms with Crippen molar-refractivity contribution in [2.24, 2.45) is 0 Å². The first kappa shape index (κ1) is 14.9. The summed E-state index contributed by atoms with van der Waals surface area (Å²) in [5, 5.41) is 3.44. The summed E-state index contributed by atoms with van der Waals surface area (Å²) in [7, 11) is 3.31. The van der Waals surface area contributed by atoms with Gasteiger partial charge in [0.25, 0.3) is 0 Å². The largest absolute Gasteiger partial charge is 0.496 e. The first-order valence-corrected chi connectivity index (χ1v) is 7.17. The van der Waals surface area contributed by atoms with E-state index in [1.165, 1.54) is 0 Å². The number of rotatable bonds is 6. The van der Waals surface area contributed by atoms with E-state index in [1.807, 2.05) is 18.2 Å². The SMILES string of the molecule is CCNC(c1ccoc1)c1cc(OC)c(Br)cc1OC. The molecule has 2 aromatic rings. The van der Waals surface area contributed by atoms with Gasteiger partial charge in [-0.1, -0.05) is 6.92 Å². The summed E-state index contributed by atoms with van der Waals surface area (Å²) in [4.78, 5) is 0. The molecule has 1 aromatic heterocycles. The molecule has 0 saturated heterocycles. The van der Waals surface area contributed by atoms with Gasteiger partial charge in [0.1, 0.15) is 11.5 Å². The Kier molecular flexibility index (Phi) is 5.09. The van der Waals surface area contributed by atoms with Crippen LogP contribution in [-0.4, -0.2) is 20.8 Å². The minimum Gasteiger partial charge on any atom is -0.496 e. The molecule has 1 aromatic carbocycles. The number of nitrogens with one attached hydrogen (secondary N) is 1. The summed E-state index contributed by atoms with van der Waals surface area (Å²) in [5.41, 5.74) is 2.06. The Balaban J connectivity index is 2.51. The first-order valence-electron chi connectivity index (χ1n) is 6.38. The molecule has 0 aliphatic carbocycles. The summed E-state index contributed by atoms with van der Waals surface area (Å²) < 4.78 is 16.9. The first-order chi connectivity index (χ1) is 9.71. The highest BCUT2D eigenvalue weighted by molar-refractivity contribution is 9.10. The molecule has 4 nitrogen and oxygen atoms in total. The van der Waals surface area contributed by atoms with Gasteiger partial charge in [0.15, 0.2) is 0 Å². The number of ether oxygens (including phenoxy) is 2. The van der Waals surface area contributed by atoms with Crippen molar-refractivity contribution in [1.29, 1.82) is 0 Å². The Morgan fingerprint density at radius 2 is 2.00 bits per heavy atom. The zero-order valence-corrected chi connectivity index (χ0v) is 13.4. The molecule has 108 valence electrons. The standard InChI is InChI=1S/C15H18BrNO3/c1-4-17-15(10-5-6-20-9-10)11-7-14(19-3)12(16)8-13(11)18-2/h5-9,15,17H,4H2,1-3H3. The predicted octanol–water partition coefficient (Wildman–Crippen LogP) is 3.76. The molecule has 1 unspecified atom stereocenters. The van der Waals surface area contributed by atoms with Crippen molar-refractivity contribution in [2.45, 2.75) is 13.0 Å². The smallest absolute Gasteiger partial charge is 0.133 e. The molecule has 0 saturated carbocycles. The lowest BCUT2D eigenvalue weighted by molar-refractivity contribution is 0.392. The van der Waals surface area contributed by atoms with Gasteiger partial charge in [0, 0.05) is 11.1 Å². The maximum absolute atomic E-state index is 5.49. The fourth-order valence-electron chi connectivity index (χ4n) is 2.16. The highest BCUT2D eigenvalue weighted by Gasteiger charge is 2.20. The molecule has 0 fully saturated rings. The van der Waals surface area contributed by atoms with E-state index in [2.05, 4.69) is 28.2 Å². The second kappa shape index (κ2) is 6.81. The molecule has 1 heterocycles. The van der Waals surface area contributed by atoms with E-state index in [-0.39, 0.29) is 6.04 Å². The molecule has 0 radical (unpaired) electrons. The third kappa shape index (κ3) is 2.99. The molecule has 5 heteroatoms.